The van der Waals surface area contributed by atoms with Gasteiger partial charge in [-0.2, -0.15) is 0 Å². The van der Waals surface area contributed by atoms with Gasteiger partial charge in [0.1, 0.15) is 0 Å². The fourth-order valence-corrected chi connectivity index (χ4v) is 3.32. The molecule has 0 heterocycles. The van der Waals surface area contributed by atoms with Crippen LogP contribution in [-0.4, -0.2) is 31.9 Å². The highest BCUT2D eigenvalue weighted by Crippen LogP contribution is 2.25. The highest BCUT2D eigenvalue weighted by atomic mass is 16.5. The summed E-state index contributed by atoms with van der Waals surface area (Å²) >= 11 is 0. The van der Waals surface area contributed by atoms with E-state index in [1.807, 2.05) is 0 Å². The normalized spacial score (nSPS) is 16.2. The maximum atomic E-state index is 12.7. The Kier molecular flexibility index (Phi) is 7.16. The largest absolute Gasteiger partial charge is 0.465 e. The van der Waals surface area contributed by atoms with Gasteiger partial charge in [0.15, 0.2) is 5.78 Å². The average molecular weight is 346 g/mol. The van der Waals surface area contributed by atoms with Crippen molar-refractivity contribution in [3.05, 3.63) is 34.4 Å². The fraction of sp³-hybridized carbons (Fsp3) is 0.550. The van der Waals surface area contributed by atoms with Crippen molar-refractivity contribution in [3.63, 3.8) is 0 Å². The molecule has 0 radical (unpaired) electrons. The van der Waals surface area contributed by atoms with Crippen molar-refractivity contribution in [1.82, 2.24) is 0 Å². The first kappa shape index (κ1) is 19.2. The van der Waals surface area contributed by atoms with Gasteiger partial charge in [0, 0.05) is 12.0 Å². The molecule has 0 aromatic heterocycles. The molecule has 0 saturated carbocycles. The molecule has 0 N–H and O–H groups in total. The predicted octanol–water partition coefficient (Wildman–Crippen LogP) is 4.12. The van der Waals surface area contributed by atoms with Gasteiger partial charge in [-0.05, 0) is 37.0 Å². The van der Waals surface area contributed by atoms with E-state index >= 15 is 0 Å². The molecular formula is C20H26O5. The van der Waals surface area contributed by atoms with Crippen LogP contribution in [0.4, 0.5) is 0 Å². The Labute approximate surface area is 148 Å². The van der Waals surface area contributed by atoms with Gasteiger partial charge in [-0.3, -0.25) is 4.79 Å². The number of ketones is 1. The molecule has 1 aliphatic carbocycles. The van der Waals surface area contributed by atoms with Crippen LogP contribution in [0.3, 0.4) is 0 Å². The molecule has 25 heavy (non-hydrogen) atoms. The lowest BCUT2D eigenvalue weighted by Gasteiger charge is -2.16. The number of hydrogen-bond donors (Lipinski definition) is 0. The topological polar surface area (TPSA) is 69.7 Å². The summed E-state index contributed by atoms with van der Waals surface area (Å²) in [6.07, 6.45) is 8.38. The lowest BCUT2D eigenvalue weighted by atomic mass is 9.89. The molecule has 136 valence electrons. The number of methoxy groups -OCH3 is 2. The quantitative estimate of drug-likeness (QED) is 0.753. The van der Waals surface area contributed by atoms with Crippen molar-refractivity contribution < 1.29 is 23.9 Å². The Morgan fingerprint density at radius 3 is 1.96 bits per heavy atom. The average Bonchev–Trinajstić information content (AvgIpc) is 2.63. The zero-order chi connectivity index (χ0) is 18.2. The molecule has 0 bridgehead atoms. The molecule has 0 atom stereocenters. The standard InChI is InChI=1S/C20H26O5/c1-24-19(22)14-12-16-15(17(13-14)20(23)25-2)10-8-6-4-3-5-7-9-11-18(16)21/h12-13H,3-11H2,1-2H3. The summed E-state index contributed by atoms with van der Waals surface area (Å²) in [7, 11) is 2.58. The summed E-state index contributed by atoms with van der Waals surface area (Å²) in [5, 5.41) is 0. The van der Waals surface area contributed by atoms with Gasteiger partial charge < -0.3 is 9.47 Å². The van der Waals surface area contributed by atoms with Gasteiger partial charge >= 0.3 is 11.9 Å². The zero-order valence-electron chi connectivity index (χ0n) is 15.1. The lowest BCUT2D eigenvalue weighted by molar-refractivity contribution is 0.0598. The third kappa shape index (κ3) is 4.91. The van der Waals surface area contributed by atoms with Gasteiger partial charge in [0.05, 0.1) is 25.3 Å². The molecule has 0 saturated heterocycles. The van der Waals surface area contributed by atoms with Gasteiger partial charge in [0.25, 0.3) is 0 Å². The van der Waals surface area contributed by atoms with Crippen LogP contribution in [0.1, 0.15) is 88.0 Å². The molecule has 0 fully saturated rings. The number of fused-ring (bicyclic) bond motifs is 1. The second-order valence-electron chi connectivity index (χ2n) is 6.43. The molecule has 0 amide bonds. The van der Waals surface area contributed by atoms with Crippen LogP contribution >= 0.6 is 0 Å². The Hall–Kier alpha value is -2.17. The highest BCUT2D eigenvalue weighted by Gasteiger charge is 2.23. The molecule has 1 aromatic rings. The first-order valence-corrected chi connectivity index (χ1v) is 8.95. The minimum atomic E-state index is -0.563. The zero-order valence-corrected chi connectivity index (χ0v) is 15.1. The molecule has 2 rings (SSSR count). The third-order valence-corrected chi connectivity index (χ3v) is 4.71. The lowest BCUT2D eigenvalue weighted by Crippen LogP contribution is -2.15. The minimum Gasteiger partial charge on any atom is -0.465 e. The van der Waals surface area contributed by atoms with Crippen LogP contribution in [0.25, 0.3) is 0 Å². The van der Waals surface area contributed by atoms with Crippen molar-refractivity contribution in [2.75, 3.05) is 14.2 Å². The van der Waals surface area contributed by atoms with E-state index < -0.39 is 11.9 Å². The second-order valence-corrected chi connectivity index (χ2v) is 6.43. The maximum Gasteiger partial charge on any atom is 0.338 e. The smallest absolute Gasteiger partial charge is 0.338 e. The van der Waals surface area contributed by atoms with Crippen LogP contribution in [0.5, 0.6) is 0 Å². The summed E-state index contributed by atoms with van der Waals surface area (Å²) in [6.45, 7) is 0. The van der Waals surface area contributed by atoms with Crippen LogP contribution in [0.2, 0.25) is 0 Å². The Bertz CT molecular complexity index is 648. The number of hydrogen-bond acceptors (Lipinski definition) is 5. The van der Waals surface area contributed by atoms with E-state index in [0.29, 0.717) is 29.5 Å². The molecule has 0 spiro atoms. The van der Waals surface area contributed by atoms with Crippen molar-refractivity contribution in [2.24, 2.45) is 0 Å². The second kappa shape index (κ2) is 9.35. The number of carbonyl (C=O) groups is 3. The van der Waals surface area contributed by atoms with Crippen LogP contribution in [0, 0.1) is 0 Å². The Morgan fingerprint density at radius 2 is 1.36 bits per heavy atom. The first-order chi connectivity index (χ1) is 12.1. The van der Waals surface area contributed by atoms with E-state index in [0.717, 1.165) is 38.5 Å². The predicted molar refractivity (Wildman–Crippen MR) is 94.1 cm³/mol. The number of Topliss-reactive ketones (excluding diaryl/α,β-unsaturated/α-hetero) is 1. The van der Waals surface area contributed by atoms with E-state index in [4.69, 9.17) is 9.47 Å². The number of ether oxygens (including phenoxy) is 2. The van der Waals surface area contributed by atoms with Crippen molar-refractivity contribution in [2.45, 2.75) is 57.8 Å². The van der Waals surface area contributed by atoms with Crippen molar-refractivity contribution in [1.29, 1.82) is 0 Å². The van der Waals surface area contributed by atoms with Crippen LogP contribution < -0.4 is 0 Å². The summed E-state index contributed by atoms with van der Waals surface area (Å²) in [5.74, 6) is -1.11. The van der Waals surface area contributed by atoms with Gasteiger partial charge in [-0.15, -0.1) is 0 Å². The molecule has 0 unspecified atom stereocenters. The summed E-state index contributed by atoms with van der Waals surface area (Å²) in [6, 6.07) is 3.05. The number of rotatable bonds is 2. The highest BCUT2D eigenvalue weighted by molar-refractivity contribution is 6.04. The van der Waals surface area contributed by atoms with E-state index in [-0.39, 0.29) is 11.3 Å². The molecule has 5 heteroatoms. The minimum absolute atomic E-state index is 0.0218. The molecule has 5 nitrogen and oxygen atoms in total. The number of benzene rings is 1. The maximum absolute atomic E-state index is 12.7. The summed E-state index contributed by atoms with van der Waals surface area (Å²) < 4.78 is 9.64. The molecule has 0 aliphatic heterocycles. The Morgan fingerprint density at radius 1 is 0.800 bits per heavy atom. The number of esters is 2. The fourth-order valence-electron chi connectivity index (χ4n) is 3.32. The summed E-state index contributed by atoms with van der Waals surface area (Å²) in [5.41, 5.74) is 1.67. The monoisotopic (exact) mass is 346 g/mol. The van der Waals surface area contributed by atoms with Crippen molar-refractivity contribution >= 4 is 17.7 Å². The van der Waals surface area contributed by atoms with Gasteiger partial charge in [-0.1, -0.05) is 32.1 Å². The Balaban J connectivity index is 2.52. The SMILES string of the molecule is COC(=O)c1cc2c(c(C(=O)OC)c1)CCCCCCCCCC2=O. The van der Waals surface area contributed by atoms with E-state index in [9.17, 15) is 14.4 Å². The van der Waals surface area contributed by atoms with Gasteiger partial charge in [0.2, 0.25) is 0 Å². The summed E-state index contributed by atoms with van der Waals surface area (Å²) in [4.78, 5) is 36.9. The molecular weight excluding hydrogens is 320 g/mol. The van der Waals surface area contributed by atoms with E-state index in [1.165, 1.54) is 26.7 Å². The van der Waals surface area contributed by atoms with E-state index in [2.05, 4.69) is 0 Å². The third-order valence-electron chi connectivity index (χ3n) is 4.71. The van der Waals surface area contributed by atoms with Crippen molar-refractivity contribution in [3.8, 4) is 0 Å². The molecule has 1 aliphatic rings. The first-order valence-electron chi connectivity index (χ1n) is 8.95. The van der Waals surface area contributed by atoms with Crippen LogP contribution in [0.15, 0.2) is 12.1 Å². The molecule has 1 aromatic carbocycles. The van der Waals surface area contributed by atoms with Gasteiger partial charge in [-0.25, -0.2) is 9.59 Å². The number of carbonyl (C=O) groups excluding carboxylic acids is 3. The van der Waals surface area contributed by atoms with Crippen LogP contribution in [-0.2, 0) is 15.9 Å². The van der Waals surface area contributed by atoms with E-state index in [1.54, 1.807) is 6.07 Å².